The van der Waals surface area contributed by atoms with Crippen LogP contribution in [0.3, 0.4) is 0 Å². The average molecular weight is 569 g/mol. The first-order valence-electron chi connectivity index (χ1n) is 13.8. The third kappa shape index (κ3) is 4.56. The Kier molecular flexibility index (Phi) is 7.77. The number of carboxylic acids is 1. The predicted molar refractivity (Wildman–Crippen MR) is 134 cm³/mol. The lowest BCUT2D eigenvalue weighted by Gasteiger charge is -2.68. The van der Waals surface area contributed by atoms with E-state index in [0.717, 1.165) is 0 Å². The molecular formula is C28H40O12. The SMILES string of the molecule is CC(=O)OC[C@@]12[C@@H]3[C@@H](CC[C@]1(O)C[C@@H](OC(C)=O)C[C@@H]2OC(C)=O)[C@]1(O)CC[C@H](C(=O)O)[C@@]1(C)C[C@H]3OC(C)=O. The number of ether oxygens (including phenoxy) is 4. The zero-order chi connectivity index (χ0) is 29.8. The minimum absolute atomic E-state index is 0.0216. The normalized spacial score (nSPS) is 43.8. The van der Waals surface area contributed by atoms with Gasteiger partial charge in [-0.2, -0.15) is 0 Å². The van der Waals surface area contributed by atoms with Gasteiger partial charge in [-0.05, 0) is 38.0 Å². The Hall–Kier alpha value is -2.73. The van der Waals surface area contributed by atoms with Gasteiger partial charge in [-0.25, -0.2) is 0 Å². The Bertz CT molecular complexity index is 1090. The van der Waals surface area contributed by atoms with Crippen molar-refractivity contribution in [1.82, 2.24) is 0 Å². The molecule has 40 heavy (non-hydrogen) atoms. The number of fused-ring (bicyclic) bond motifs is 5. The second kappa shape index (κ2) is 10.3. The van der Waals surface area contributed by atoms with Crippen molar-refractivity contribution in [1.29, 1.82) is 0 Å². The molecule has 0 bridgehead atoms. The molecule has 0 spiro atoms. The van der Waals surface area contributed by atoms with Gasteiger partial charge in [-0.3, -0.25) is 24.0 Å². The van der Waals surface area contributed by atoms with Crippen molar-refractivity contribution >= 4 is 29.8 Å². The van der Waals surface area contributed by atoms with E-state index in [1.54, 1.807) is 6.92 Å². The Balaban J connectivity index is 1.94. The highest BCUT2D eigenvalue weighted by atomic mass is 16.6. The molecule has 4 saturated carbocycles. The first-order chi connectivity index (χ1) is 18.5. The van der Waals surface area contributed by atoms with E-state index in [9.17, 15) is 39.3 Å². The number of carbonyl (C=O) groups excluding carboxylic acids is 4. The fourth-order valence-corrected chi connectivity index (χ4v) is 9.01. The smallest absolute Gasteiger partial charge is 0.307 e. The molecule has 0 amide bonds. The third-order valence-corrected chi connectivity index (χ3v) is 10.4. The van der Waals surface area contributed by atoms with Crippen molar-refractivity contribution < 1.29 is 58.2 Å². The summed E-state index contributed by atoms with van der Waals surface area (Å²) in [6.45, 7) is 6.12. The number of aliphatic hydroxyl groups is 2. The molecule has 4 rings (SSSR count). The maximum absolute atomic E-state index is 12.5. The molecule has 10 atom stereocenters. The van der Waals surface area contributed by atoms with E-state index in [1.165, 1.54) is 27.7 Å². The Morgan fingerprint density at radius 2 is 1.45 bits per heavy atom. The quantitative estimate of drug-likeness (QED) is 0.311. The molecule has 0 aromatic carbocycles. The van der Waals surface area contributed by atoms with Gasteiger partial charge in [0.15, 0.2) is 0 Å². The Morgan fingerprint density at radius 3 is 2.00 bits per heavy atom. The largest absolute Gasteiger partial charge is 0.481 e. The van der Waals surface area contributed by atoms with Crippen LogP contribution in [0.4, 0.5) is 0 Å². The summed E-state index contributed by atoms with van der Waals surface area (Å²) in [5.74, 6) is -6.10. The van der Waals surface area contributed by atoms with E-state index >= 15 is 0 Å². The van der Waals surface area contributed by atoms with Gasteiger partial charge in [0.25, 0.3) is 0 Å². The van der Waals surface area contributed by atoms with Crippen molar-refractivity contribution in [3.63, 3.8) is 0 Å². The number of esters is 4. The van der Waals surface area contributed by atoms with Crippen LogP contribution in [0.2, 0.25) is 0 Å². The number of hydrogen-bond acceptors (Lipinski definition) is 11. The van der Waals surface area contributed by atoms with Crippen LogP contribution in [-0.2, 0) is 42.9 Å². The van der Waals surface area contributed by atoms with E-state index < -0.39 is 94.6 Å². The predicted octanol–water partition coefficient (Wildman–Crippen LogP) is 1.52. The van der Waals surface area contributed by atoms with E-state index in [4.69, 9.17) is 18.9 Å². The van der Waals surface area contributed by atoms with Gasteiger partial charge in [-0.15, -0.1) is 0 Å². The van der Waals surface area contributed by atoms with E-state index in [0.29, 0.717) is 0 Å². The van der Waals surface area contributed by atoms with Crippen LogP contribution < -0.4 is 0 Å². The van der Waals surface area contributed by atoms with Crippen LogP contribution in [-0.4, -0.2) is 81.3 Å². The number of carboxylic acid groups (broad SMARTS) is 1. The summed E-state index contributed by atoms with van der Waals surface area (Å²) >= 11 is 0. The Morgan fingerprint density at radius 1 is 0.825 bits per heavy atom. The van der Waals surface area contributed by atoms with Gasteiger partial charge in [0, 0.05) is 51.9 Å². The van der Waals surface area contributed by atoms with E-state index in [1.807, 2.05) is 0 Å². The molecule has 4 aliphatic carbocycles. The first kappa shape index (κ1) is 30.2. The van der Waals surface area contributed by atoms with Gasteiger partial charge < -0.3 is 34.3 Å². The monoisotopic (exact) mass is 568 g/mol. The van der Waals surface area contributed by atoms with Gasteiger partial charge in [-0.1, -0.05) is 6.92 Å². The molecule has 12 nitrogen and oxygen atoms in total. The van der Waals surface area contributed by atoms with Crippen molar-refractivity contribution in [3.05, 3.63) is 0 Å². The van der Waals surface area contributed by atoms with Crippen molar-refractivity contribution in [3.8, 4) is 0 Å². The lowest BCUT2D eigenvalue weighted by atomic mass is 9.40. The van der Waals surface area contributed by atoms with Gasteiger partial charge >= 0.3 is 29.8 Å². The fourth-order valence-electron chi connectivity index (χ4n) is 9.01. The van der Waals surface area contributed by atoms with Crippen molar-refractivity contribution in [2.45, 2.75) is 109 Å². The topological polar surface area (TPSA) is 183 Å². The van der Waals surface area contributed by atoms with Crippen LogP contribution in [0.1, 0.15) is 79.6 Å². The molecule has 224 valence electrons. The van der Waals surface area contributed by atoms with Crippen LogP contribution >= 0.6 is 0 Å². The highest BCUT2D eigenvalue weighted by molar-refractivity contribution is 5.72. The lowest BCUT2D eigenvalue weighted by molar-refractivity contribution is -0.320. The summed E-state index contributed by atoms with van der Waals surface area (Å²) in [7, 11) is 0. The minimum atomic E-state index is -1.73. The van der Waals surface area contributed by atoms with E-state index in [2.05, 4.69) is 0 Å². The Labute approximate surface area is 232 Å². The molecule has 4 fully saturated rings. The van der Waals surface area contributed by atoms with Crippen molar-refractivity contribution in [2.75, 3.05) is 6.61 Å². The molecule has 0 aliphatic heterocycles. The summed E-state index contributed by atoms with van der Waals surface area (Å²) in [6, 6.07) is 0. The van der Waals surface area contributed by atoms with Gasteiger partial charge in [0.1, 0.15) is 24.9 Å². The minimum Gasteiger partial charge on any atom is -0.481 e. The summed E-state index contributed by atoms with van der Waals surface area (Å²) in [5, 5.41) is 34.9. The lowest BCUT2D eigenvalue weighted by Crippen LogP contribution is -2.76. The fraction of sp³-hybridized carbons (Fsp3) is 0.821. The molecule has 12 heteroatoms. The number of rotatable bonds is 6. The maximum Gasteiger partial charge on any atom is 0.307 e. The molecule has 0 radical (unpaired) electrons. The average Bonchev–Trinajstić information content (AvgIpc) is 3.07. The zero-order valence-corrected chi connectivity index (χ0v) is 23.6. The zero-order valence-electron chi connectivity index (χ0n) is 23.6. The van der Waals surface area contributed by atoms with Gasteiger partial charge in [0.2, 0.25) is 0 Å². The molecule has 3 N–H and O–H groups in total. The van der Waals surface area contributed by atoms with Crippen LogP contribution in [0.5, 0.6) is 0 Å². The van der Waals surface area contributed by atoms with Gasteiger partial charge in [0.05, 0.1) is 22.5 Å². The summed E-state index contributed by atoms with van der Waals surface area (Å²) in [6.07, 6.45) is -2.43. The second-order valence-electron chi connectivity index (χ2n) is 12.4. The maximum atomic E-state index is 12.5. The molecule has 4 aliphatic rings. The van der Waals surface area contributed by atoms with E-state index in [-0.39, 0.29) is 44.9 Å². The van der Waals surface area contributed by atoms with Crippen LogP contribution in [0.15, 0.2) is 0 Å². The molecular weight excluding hydrogens is 528 g/mol. The second-order valence-corrected chi connectivity index (χ2v) is 12.4. The number of aliphatic carboxylic acids is 1. The van der Waals surface area contributed by atoms with Crippen LogP contribution in [0.25, 0.3) is 0 Å². The first-order valence-corrected chi connectivity index (χ1v) is 13.8. The summed E-state index contributed by atoms with van der Waals surface area (Å²) in [5.41, 5.74) is -5.97. The molecule has 0 aromatic heterocycles. The number of hydrogen-bond donors (Lipinski definition) is 3. The summed E-state index contributed by atoms with van der Waals surface area (Å²) < 4.78 is 22.7. The highest BCUT2D eigenvalue weighted by Crippen LogP contribution is 2.70. The third-order valence-electron chi connectivity index (χ3n) is 10.4. The highest BCUT2D eigenvalue weighted by Gasteiger charge is 2.77. The van der Waals surface area contributed by atoms with Crippen LogP contribution in [0, 0.1) is 28.6 Å². The van der Waals surface area contributed by atoms with Crippen molar-refractivity contribution in [2.24, 2.45) is 28.6 Å². The molecule has 0 saturated heterocycles. The molecule has 0 unspecified atom stereocenters. The standard InChI is InChI=1S/C28H40O12/c1-14(29)37-13-27-22(40-17(4)32)10-18(38-15(2)30)11-26(27,35)8-6-19-23(27)21(39-16(3)31)12-25(5)20(24(33)34)7-9-28(19,25)36/h18-23,35-36H,6-13H2,1-5H3,(H,33,34)/t18-,19+,20+,21+,22-,23+,25+,26-,27+,28+/m0/s1. The number of carbonyl (C=O) groups is 5. The summed E-state index contributed by atoms with van der Waals surface area (Å²) in [4.78, 5) is 61.2. The molecule has 0 heterocycles. The molecule has 0 aromatic rings.